The third-order valence-electron chi connectivity index (χ3n) is 17.1. The van der Waals surface area contributed by atoms with Gasteiger partial charge in [-0.1, -0.05) is 321 Å². The average molecular weight is 1160 g/mol. The summed E-state index contributed by atoms with van der Waals surface area (Å²) in [7, 11) is 0. The number of amides is 1. The lowest BCUT2D eigenvalue weighted by Crippen LogP contribution is -2.60. The van der Waals surface area contributed by atoms with Crippen LogP contribution in [0.5, 0.6) is 0 Å². The zero-order valence-electron chi connectivity index (χ0n) is 53.7. The van der Waals surface area contributed by atoms with Gasteiger partial charge in [0.05, 0.1) is 32.0 Å². The van der Waals surface area contributed by atoms with Crippen molar-refractivity contribution in [3.63, 3.8) is 0 Å². The Morgan fingerprint density at radius 1 is 0.439 bits per heavy atom. The molecule has 0 aromatic carbocycles. The van der Waals surface area contributed by atoms with Gasteiger partial charge in [-0.3, -0.25) is 9.59 Å². The van der Waals surface area contributed by atoms with Gasteiger partial charge in [-0.05, 0) is 44.9 Å². The van der Waals surface area contributed by atoms with Crippen molar-refractivity contribution in [3.8, 4) is 0 Å². The number of allylic oxidation sites excluding steroid dienone is 3. The van der Waals surface area contributed by atoms with Crippen LogP contribution in [0, 0.1) is 0 Å². The molecule has 7 unspecified atom stereocenters. The smallest absolute Gasteiger partial charge is 0.305 e. The Hall–Kier alpha value is -1.86. The average Bonchev–Trinajstić information content (AvgIpc) is 3.68. The first-order valence-electron chi connectivity index (χ1n) is 35.6. The highest BCUT2D eigenvalue weighted by molar-refractivity contribution is 5.76. The van der Waals surface area contributed by atoms with E-state index in [4.69, 9.17) is 14.2 Å². The Bertz CT molecular complexity index is 1410. The predicted molar refractivity (Wildman–Crippen MR) is 343 cm³/mol. The second-order valence-electron chi connectivity index (χ2n) is 24.9. The van der Waals surface area contributed by atoms with Gasteiger partial charge in [-0.25, -0.2) is 0 Å². The summed E-state index contributed by atoms with van der Waals surface area (Å²) in [6.45, 7) is 4.36. The molecule has 1 aliphatic heterocycles. The molecule has 0 aromatic heterocycles. The number of unbranched alkanes of at least 4 members (excludes halogenated alkanes) is 47. The van der Waals surface area contributed by atoms with Crippen molar-refractivity contribution < 1.29 is 49.3 Å². The first-order valence-corrected chi connectivity index (χ1v) is 35.6. The van der Waals surface area contributed by atoms with E-state index in [-0.39, 0.29) is 18.5 Å². The lowest BCUT2D eigenvalue weighted by molar-refractivity contribution is -0.302. The van der Waals surface area contributed by atoms with Crippen LogP contribution in [0.25, 0.3) is 0 Å². The summed E-state index contributed by atoms with van der Waals surface area (Å²) in [6.07, 6.45) is 66.0. The fraction of sp³-hybridized carbons (Fsp3) is 0.915. The largest absolute Gasteiger partial charge is 0.466 e. The van der Waals surface area contributed by atoms with Crippen LogP contribution >= 0.6 is 0 Å². The van der Waals surface area contributed by atoms with Gasteiger partial charge in [0, 0.05) is 12.8 Å². The number of aliphatic hydroxyl groups is 5. The quantitative estimate of drug-likeness (QED) is 0.0195. The van der Waals surface area contributed by atoms with Crippen LogP contribution in [0.1, 0.15) is 354 Å². The molecule has 1 rings (SSSR count). The van der Waals surface area contributed by atoms with E-state index in [0.717, 1.165) is 51.4 Å². The lowest BCUT2D eigenvalue weighted by atomic mass is 9.99. The predicted octanol–water partition coefficient (Wildman–Crippen LogP) is 18.0. The molecule has 0 radical (unpaired) electrons. The van der Waals surface area contributed by atoms with Gasteiger partial charge in [0.2, 0.25) is 5.91 Å². The minimum absolute atomic E-state index is 0.0108. The van der Waals surface area contributed by atoms with Crippen molar-refractivity contribution in [2.75, 3.05) is 19.8 Å². The topological polar surface area (TPSA) is 175 Å². The highest BCUT2D eigenvalue weighted by Gasteiger charge is 2.44. The van der Waals surface area contributed by atoms with Crippen LogP contribution in [0.2, 0.25) is 0 Å². The van der Waals surface area contributed by atoms with Gasteiger partial charge in [-0.15, -0.1) is 0 Å². The van der Waals surface area contributed by atoms with E-state index >= 15 is 0 Å². The molecule has 484 valence electrons. The van der Waals surface area contributed by atoms with Gasteiger partial charge in [-0.2, -0.15) is 0 Å². The van der Waals surface area contributed by atoms with E-state index in [1.807, 2.05) is 6.08 Å². The Balaban J connectivity index is 1.98. The summed E-state index contributed by atoms with van der Waals surface area (Å²) in [5, 5.41) is 54.5. The molecular weight excluding hydrogens is 1030 g/mol. The van der Waals surface area contributed by atoms with Crippen LogP contribution in [0.3, 0.4) is 0 Å². The number of carbonyl (C=O) groups is 2. The number of carbonyl (C=O) groups excluding carboxylic acids is 2. The molecule has 82 heavy (non-hydrogen) atoms. The number of aliphatic hydroxyl groups excluding tert-OH is 5. The maximum atomic E-state index is 13.1. The minimum atomic E-state index is -1.57. The number of hydrogen-bond acceptors (Lipinski definition) is 10. The van der Waals surface area contributed by atoms with Crippen molar-refractivity contribution in [3.05, 3.63) is 24.3 Å². The highest BCUT2D eigenvalue weighted by atomic mass is 16.7. The third kappa shape index (κ3) is 49.3. The molecule has 1 fully saturated rings. The van der Waals surface area contributed by atoms with Crippen molar-refractivity contribution >= 4 is 11.9 Å². The van der Waals surface area contributed by atoms with Crippen molar-refractivity contribution in [2.24, 2.45) is 0 Å². The summed E-state index contributed by atoms with van der Waals surface area (Å²) in [5.41, 5.74) is 0. The fourth-order valence-corrected chi connectivity index (χ4v) is 11.5. The molecule has 11 nitrogen and oxygen atoms in total. The SMILES string of the molecule is CCCCCCCCCC/C=C/CC/C=C/C(O)C(COC1OC(CO)C(O)C(O)C1O)NC(=O)CCCCCCCCCCCCCCCCCCCCCCCCCCCCCCCOC(=O)CCCCCCCCCCCCC. The van der Waals surface area contributed by atoms with E-state index in [1.54, 1.807) is 6.08 Å². The van der Waals surface area contributed by atoms with Crippen molar-refractivity contribution in [1.29, 1.82) is 0 Å². The Labute approximate surface area is 505 Å². The van der Waals surface area contributed by atoms with Crippen molar-refractivity contribution in [1.82, 2.24) is 5.32 Å². The molecule has 0 bridgehead atoms. The zero-order chi connectivity index (χ0) is 59.5. The molecule has 6 N–H and O–H groups in total. The van der Waals surface area contributed by atoms with Gasteiger partial charge < -0.3 is 45.1 Å². The van der Waals surface area contributed by atoms with Gasteiger partial charge in [0.1, 0.15) is 24.4 Å². The van der Waals surface area contributed by atoms with Gasteiger partial charge in [0.15, 0.2) is 6.29 Å². The van der Waals surface area contributed by atoms with Crippen LogP contribution in [-0.4, -0.2) is 100 Å². The monoisotopic (exact) mass is 1160 g/mol. The summed E-state index contributed by atoms with van der Waals surface area (Å²) in [6, 6.07) is -0.824. The highest BCUT2D eigenvalue weighted by Crippen LogP contribution is 2.23. The standard InChI is InChI=1S/C71H135NO10/c1-3-5-7-9-11-13-15-16-34-38-41-45-49-53-57-64(74)63(62-81-71-70(79)69(78)68(77)65(61-73)82-71)72-66(75)58-54-50-46-42-39-35-32-30-28-26-24-22-20-18-17-19-21-23-25-27-29-31-33-36-40-44-48-52-56-60-80-67(76)59-55-51-47-43-37-14-12-10-8-6-4-2/h38,41,53,57,63-65,68-71,73-74,77-79H,3-37,39-40,42-52,54-56,58-62H2,1-2H3,(H,72,75)/b41-38+,57-53+. The summed E-state index contributed by atoms with van der Waals surface area (Å²) in [5.74, 6) is -0.175. The van der Waals surface area contributed by atoms with Crippen LogP contribution in [0.15, 0.2) is 24.3 Å². The maximum Gasteiger partial charge on any atom is 0.305 e. The van der Waals surface area contributed by atoms with E-state index in [0.29, 0.717) is 19.4 Å². The zero-order valence-corrected chi connectivity index (χ0v) is 53.7. The number of hydrogen-bond donors (Lipinski definition) is 6. The lowest BCUT2D eigenvalue weighted by Gasteiger charge is -2.40. The summed E-state index contributed by atoms with van der Waals surface area (Å²) < 4.78 is 16.7. The number of nitrogens with one attached hydrogen (secondary N) is 1. The van der Waals surface area contributed by atoms with E-state index < -0.39 is 49.5 Å². The van der Waals surface area contributed by atoms with Crippen LogP contribution in [-0.2, 0) is 23.8 Å². The molecule has 1 amide bonds. The first kappa shape index (κ1) is 78.2. The summed E-state index contributed by atoms with van der Waals surface area (Å²) >= 11 is 0. The van der Waals surface area contributed by atoms with Crippen LogP contribution < -0.4 is 5.32 Å². The number of rotatable bonds is 63. The molecule has 1 heterocycles. The number of esters is 1. The Morgan fingerprint density at radius 3 is 1.21 bits per heavy atom. The molecule has 0 aromatic rings. The molecule has 11 heteroatoms. The normalized spacial score (nSPS) is 18.3. The van der Waals surface area contributed by atoms with Crippen molar-refractivity contribution in [2.45, 2.75) is 397 Å². The van der Waals surface area contributed by atoms with E-state index in [9.17, 15) is 35.1 Å². The minimum Gasteiger partial charge on any atom is -0.466 e. The molecule has 0 aliphatic carbocycles. The molecule has 1 saturated heterocycles. The van der Waals surface area contributed by atoms with E-state index in [1.165, 1.54) is 276 Å². The van der Waals surface area contributed by atoms with Crippen LogP contribution in [0.4, 0.5) is 0 Å². The molecule has 7 atom stereocenters. The second-order valence-corrected chi connectivity index (χ2v) is 24.9. The third-order valence-corrected chi connectivity index (χ3v) is 17.1. The Morgan fingerprint density at radius 2 is 0.793 bits per heavy atom. The molecule has 1 aliphatic rings. The number of ether oxygens (including phenoxy) is 3. The van der Waals surface area contributed by atoms with Gasteiger partial charge >= 0.3 is 5.97 Å². The molecule has 0 saturated carbocycles. The first-order chi connectivity index (χ1) is 40.2. The molecule has 0 spiro atoms. The Kier molecular flexibility index (Phi) is 58.0. The second kappa shape index (κ2) is 60.8. The summed E-state index contributed by atoms with van der Waals surface area (Å²) in [4.78, 5) is 25.1. The van der Waals surface area contributed by atoms with E-state index in [2.05, 4.69) is 31.3 Å². The van der Waals surface area contributed by atoms with Gasteiger partial charge in [0.25, 0.3) is 0 Å². The molecular formula is C71H135NO10. The maximum absolute atomic E-state index is 13.1. The fourth-order valence-electron chi connectivity index (χ4n) is 11.5.